The number of nitrogens with one attached hydrogen (secondary N) is 2. The Morgan fingerprint density at radius 3 is 2.76 bits per heavy atom. The first-order valence-electron chi connectivity index (χ1n) is 11.6. The van der Waals surface area contributed by atoms with Crippen LogP contribution in [0.5, 0.6) is 0 Å². The summed E-state index contributed by atoms with van der Waals surface area (Å²) in [5.74, 6) is 0.556. The molecule has 2 aromatic carbocycles. The highest BCUT2D eigenvalue weighted by molar-refractivity contribution is 8.14. The Morgan fingerprint density at radius 2 is 1.97 bits per heavy atom. The van der Waals surface area contributed by atoms with E-state index in [2.05, 4.69) is 20.6 Å². The minimum atomic E-state index is -0.471. The second-order valence-electron chi connectivity index (χ2n) is 8.43. The molecule has 0 spiro atoms. The van der Waals surface area contributed by atoms with Crippen LogP contribution in [0.15, 0.2) is 53.6 Å². The average Bonchev–Trinajstić information content (AvgIpc) is 2.85. The summed E-state index contributed by atoms with van der Waals surface area (Å²) in [4.78, 5) is 27.0. The van der Waals surface area contributed by atoms with Crippen LogP contribution in [-0.4, -0.2) is 72.0 Å². The van der Waals surface area contributed by atoms with Crippen LogP contribution in [0.25, 0.3) is 0 Å². The molecule has 0 aromatic heterocycles. The third-order valence-electron chi connectivity index (χ3n) is 5.74. The van der Waals surface area contributed by atoms with Crippen LogP contribution in [-0.2, 0) is 11.3 Å². The van der Waals surface area contributed by atoms with Gasteiger partial charge in [-0.3, -0.25) is 10.1 Å². The summed E-state index contributed by atoms with van der Waals surface area (Å²) in [5.41, 5.74) is 4.58. The van der Waals surface area contributed by atoms with Crippen molar-refractivity contribution in [2.24, 2.45) is 5.10 Å². The number of carbonyl (C=O) groups is 2. The number of hydrogen-bond donors (Lipinski definition) is 2. The lowest BCUT2D eigenvalue weighted by molar-refractivity contribution is 0.149. The van der Waals surface area contributed by atoms with Gasteiger partial charge in [0.1, 0.15) is 0 Å². The Bertz CT molecular complexity index is 1020. The summed E-state index contributed by atoms with van der Waals surface area (Å²) in [6, 6.07) is 15.6. The van der Waals surface area contributed by atoms with Crippen molar-refractivity contribution in [3.05, 3.63) is 65.2 Å². The molecule has 180 valence electrons. The zero-order valence-electron chi connectivity index (χ0n) is 19.5. The molecule has 2 amide bonds. The van der Waals surface area contributed by atoms with E-state index < -0.39 is 6.09 Å². The molecule has 0 bridgehead atoms. The molecule has 1 fully saturated rings. The maximum Gasteiger partial charge on any atom is 0.411 e. The smallest absolute Gasteiger partial charge is 0.411 e. The van der Waals surface area contributed by atoms with Crippen LogP contribution in [0.3, 0.4) is 0 Å². The van der Waals surface area contributed by atoms with E-state index in [1.54, 1.807) is 6.07 Å². The van der Waals surface area contributed by atoms with Crippen molar-refractivity contribution in [3.8, 4) is 0 Å². The first-order chi connectivity index (χ1) is 16.6. The van der Waals surface area contributed by atoms with E-state index in [1.165, 1.54) is 22.3 Å². The van der Waals surface area contributed by atoms with Gasteiger partial charge in [0.05, 0.1) is 18.9 Å². The molecule has 2 aliphatic heterocycles. The minimum absolute atomic E-state index is 0.0851. The third-order valence-corrected chi connectivity index (χ3v) is 6.61. The number of anilines is 1. The molecule has 2 heterocycles. The van der Waals surface area contributed by atoms with Gasteiger partial charge in [-0.1, -0.05) is 53.7 Å². The third kappa shape index (κ3) is 7.06. The van der Waals surface area contributed by atoms with Gasteiger partial charge in [0.2, 0.25) is 0 Å². The average molecular weight is 482 g/mol. The Kier molecular flexibility index (Phi) is 8.56. The van der Waals surface area contributed by atoms with E-state index in [-0.39, 0.29) is 5.24 Å². The van der Waals surface area contributed by atoms with Crippen LogP contribution in [0, 0.1) is 6.92 Å². The molecule has 1 saturated heterocycles. The first kappa shape index (κ1) is 24.3. The summed E-state index contributed by atoms with van der Waals surface area (Å²) in [6.45, 7) is 7.78. The number of benzene rings is 2. The number of thioether (sulfide) groups is 1. The lowest BCUT2D eigenvalue weighted by atomic mass is 10.1. The second kappa shape index (κ2) is 12.0. The van der Waals surface area contributed by atoms with Crippen LogP contribution in [0.4, 0.5) is 15.3 Å². The number of aryl methyl sites for hydroxylation is 1. The van der Waals surface area contributed by atoms with E-state index >= 15 is 0 Å². The van der Waals surface area contributed by atoms with Crippen molar-refractivity contribution < 1.29 is 14.3 Å². The molecule has 9 heteroatoms. The number of ether oxygens (including phenoxy) is 1. The normalized spacial score (nSPS) is 16.8. The van der Waals surface area contributed by atoms with E-state index in [1.807, 2.05) is 49.4 Å². The molecule has 2 N–H and O–H groups in total. The summed E-state index contributed by atoms with van der Waals surface area (Å²) < 4.78 is 5.33. The number of piperazine rings is 1. The molecule has 2 aliphatic rings. The lowest BCUT2D eigenvalue weighted by Gasteiger charge is -2.26. The van der Waals surface area contributed by atoms with Crippen molar-refractivity contribution in [1.29, 1.82) is 0 Å². The zero-order chi connectivity index (χ0) is 23.8. The van der Waals surface area contributed by atoms with Gasteiger partial charge in [-0.2, -0.15) is 5.10 Å². The number of amides is 2. The summed E-state index contributed by atoms with van der Waals surface area (Å²) in [7, 11) is 0. The van der Waals surface area contributed by atoms with Crippen molar-refractivity contribution in [3.63, 3.8) is 0 Å². The van der Waals surface area contributed by atoms with Gasteiger partial charge in [0.15, 0.2) is 0 Å². The predicted molar refractivity (Wildman–Crippen MR) is 136 cm³/mol. The fourth-order valence-electron chi connectivity index (χ4n) is 3.87. The quantitative estimate of drug-likeness (QED) is 0.556. The number of rotatable bonds is 8. The molecular formula is C25H31N5O3S. The maximum absolute atomic E-state index is 12.4. The second-order valence-corrected chi connectivity index (χ2v) is 9.36. The predicted octanol–water partition coefficient (Wildman–Crippen LogP) is 3.91. The van der Waals surface area contributed by atoms with Crippen molar-refractivity contribution in [2.45, 2.75) is 19.9 Å². The molecule has 0 saturated carbocycles. The first-order valence-corrected chi connectivity index (χ1v) is 12.6. The van der Waals surface area contributed by atoms with Crippen molar-refractivity contribution >= 4 is 34.5 Å². The SMILES string of the molecule is Cc1ccc(C2=NN(Cc3cccc(NC(=O)OCCCN4CCNCC4)c3)C(=O)SC2)cc1. The van der Waals surface area contributed by atoms with Crippen molar-refractivity contribution in [1.82, 2.24) is 15.2 Å². The van der Waals surface area contributed by atoms with Gasteiger partial charge in [-0.25, -0.2) is 9.80 Å². The molecular weight excluding hydrogens is 450 g/mol. The Morgan fingerprint density at radius 1 is 1.18 bits per heavy atom. The lowest BCUT2D eigenvalue weighted by Crippen LogP contribution is -2.43. The number of carbonyl (C=O) groups excluding carboxylic acids is 2. The molecule has 8 nitrogen and oxygen atoms in total. The highest BCUT2D eigenvalue weighted by Gasteiger charge is 2.22. The van der Waals surface area contributed by atoms with Gasteiger partial charge in [0, 0.05) is 44.2 Å². The van der Waals surface area contributed by atoms with Crippen LogP contribution in [0.2, 0.25) is 0 Å². The molecule has 2 aromatic rings. The Hall–Kier alpha value is -2.88. The van der Waals surface area contributed by atoms with Gasteiger partial charge >= 0.3 is 11.3 Å². The van der Waals surface area contributed by atoms with Gasteiger partial charge < -0.3 is 15.0 Å². The van der Waals surface area contributed by atoms with Crippen LogP contribution >= 0.6 is 11.8 Å². The van der Waals surface area contributed by atoms with Gasteiger partial charge in [0.25, 0.3) is 0 Å². The van der Waals surface area contributed by atoms with E-state index in [0.29, 0.717) is 24.6 Å². The van der Waals surface area contributed by atoms with Gasteiger partial charge in [-0.15, -0.1) is 0 Å². The summed E-state index contributed by atoms with van der Waals surface area (Å²) >= 11 is 1.25. The number of hydrogen-bond acceptors (Lipinski definition) is 7. The minimum Gasteiger partial charge on any atom is -0.449 e. The van der Waals surface area contributed by atoms with E-state index in [9.17, 15) is 9.59 Å². The maximum atomic E-state index is 12.4. The Labute approximate surface area is 204 Å². The molecule has 0 radical (unpaired) electrons. The van der Waals surface area contributed by atoms with Crippen LogP contribution < -0.4 is 10.6 Å². The number of hydrazone groups is 1. The zero-order valence-corrected chi connectivity index (χ0v) is 20.3. The summed E-state index contributed by atoms with van der Waals surface area (Å²) in [6.07, 6.45) is 0.338. The molecule has 4 rings (SSSR count). The molecule has 0 atom stereocenters. The number of nitrogens with zero attached hydrogens (tertiary/aromatic N) is 3. The standard InChI is InChI=1S/C25H31N5O3S/c1-19-6-8-21(9-7-19)23-18-34-25(32)30(28-23)17-20-4-2-5-22(16-20)27-24(31)33-15-3-12-29-13-10-26-11-14-29/h2,4-9,16,26H,3,10-15,17-18H2,1H3,(H,27,31). The Balaban J connectivity index is 1.29. The summed E-state index contributed by atoms with van der Waals surface area (Å²) in [5, 5.41) is 12.1. The topological polar surface area (TPSA) is 86.3 Å². The highest BCUT2D eigenvalue weighted by atomic mass is 32.2. The molecule has 0 aliphatic carbocycles. The largest absolute Gasteiger partial charge is 0.449 e. The molecule has 0 unspecified atom stereocenters. The fraction of sp³-hybridized carbons (Fsp3) is 0.400. The monoisotopic (exact) mass is 481 g/mol. The van der Waals surface area contributed by atoms with E-state index in [0.717, 1.165) is 56.0 Å². The fourth-order valence-corrected chi connectivity index (χ4v) is 4.61. The van der Waals surface area contributed by atoms with Crippen molar-refractivity contribution in [2.75, 3.05) is 50.4 Å². The van der Waals surface area contributed by atoms with E-state index in [4.69, 9.17) is 4.74 Å². The highest BCUT2D eigenvalue weighted by Crippen LogP contribution is 2.23. The van der Waals surface area contributed by atoms with Crippen LogP contribution in [0.1, 0.15) is 23.1 Å². The van der Waals surface area contributed by atoms with Gasteiger partial charge in [-0.05, 0) is 36.6 Å². The molecule has 34 heavy (non-hydrogen) atoms.